The fourth-order valence-corrected chi connectivity index (χ4v) is 5.24. The standard InChI is InChI=1S/C29H40N2O6/c1-19(2)24(30-26(33)37-28(4,5)6)25(32)36-29(16-13-21-11-8-10-20(3)18-21)15-9-12-23-22(29)14-17-31(23)27(34)35-7/h8,10-11,18-19,22-24H,9,12,14-15,17H2,1-7H3,(H,30,33)/t22-,23-,24?,29-/m1/s1. The van der Waals surface area contributed by atoms with Crippen LogP contribution >= 0.6 is 0 Å². The molecule has 3 rings (SSSR count). The summed E-state index contributed by atoms with van der Waals surface area (Å²) in [5.74, 6) is 5.60. The second kappa shape index (κ2) is 11.5. The fourth-order valence-electron chi connectivity index (χ4n) is 5.24. The molecule has 1 aromatic carbocycles. The normalized spacial score (nSPS) is 23.8. The van der Waals surface area contributed by atoms with Gasteiger partial charge in [0, 0.05) is 24.1 Å². The zero-order chi connectivity index (χ0) is 27.4. The maximum Gasteiger partial charge on any atom is 0.409 e. The van der Waals surface area contributed by atoms with E-state index in [1.807, 2.05) is 45.0 Å². The molecule has 202 valence electrons. The summed E-state index contributed by atoms with van der Waals surface area (Å²) in [5, 5.41) is 2.69. The van der Waals surface area contributed by atoms with E-state index < -0.39 is 29.3 Å². The van der Waals surface area contributed by atoms with E-state index in [9.17, 15) is 14.4 Å². The van der Waals surface area contributed by atoms with E-state index in [4.69, 9.17) is 14.2 Å². The number of hydrogen-bond donors (Lipinski definition) is 1. The number of methoxy groups -OCH3 is 1. The molecule has 0 spiro atoms. The second-order valence-corrected chi connectivity index (χ2v) is 11.3. The Bertz CT molecular complexity index is 1070. The van der Waals surface area contributed by atoms with Gasteiger partial charge in [-0.1, -0.05) is 31.9 Å². The number of carbonyl (C=O) groups is 3. The highest BCUT2D eigenvalue weighted by Crippen LogP contribution is 2.45. The minimum Gasteiger partial charge on any atom is -0.453 e. The molecule has 1 aromatic rings. The molecule has 8 nitrogen and oxygen atoms in total. The van der Waals surface area contributed by atoms with Crippen molar-refractivity contribution in [3.63, 3.8) is 0 Å². The van der Waals surface area contributed by atoms with Crippen molar-refractivity contribution in [1.29, 1.82) is 0 Å². The van der Waals surface area contributed by atoms with E-state index in [0.717, 1.165) is 24.0 Å². The molecule has 2 fully saturated rings. The number of nitrogens with one attached hydrogen (secondary N) is 1. The number of benzene rings is 1. The van der Waals surface area contributed by atoms with Gasteiger partial charge < -0.3 is 24.4 Å². The summed E-state index contributed by atoms with van der Waals surface area (Å²) in [6, 6.07) is 6.79. The molecule has 8 heteroatoms. The lowest BCUT2D eigenvalue weighted by Crippen LogP contribution is -2.55. The van der Waals surface area contributed by atoms with Gasteiger partial charge in [-0.3, -0.25) is 0 Å². The van der Waals surface area contributed by atoms with Crippen molar-refractivity contribution in [2.45, 2.75) is 90.5 Å². The second-order valence-electron chi connectivity index (χ2n) is 11.3. The molecule has 37 heavy (non-hydrogen) atoms. The third-order valence-electron chi connectivity index (χ3n) is 6.91. The fraction of sp³-hybridized carbons (Fsp3) is 0.621. The van der Waals surface area contributed by atoms with Gasteiger partial charge in [-0.05, 0) is 82.9 Å². The smallest absolute Gasteiger partial charge is 0.409 e. The average molecular weight is 513 g/mol. The Hall–Kier alpha value is -3.21. The predicted molar refractivity (Wildman–Crippen MR) is 140 cm³/mol. The number of nitrogens with zero attached hydrogens (tertiary/aromatic N) is 1. The average Bonchev–Trinajstić information content (AvgIpc) is 3.25. The number of rotatable bonds is 4. The Balaban J connectivity index is 1.95. The molecule has 4 atom stereocenters. The van der Waals surface area contributed by atoms with Crippen LogP contribution in [0.5, 0.6) is 0 Å². The van der Waals surface area contributed by atoms with Crippen LogP contribution in [0.1, 0.15) is 71.4 Å². The van der Waals surface area contributed by atoms with Gasteiger partial charge in [-0.15, -0.1) is 0 Å². The van der Waals surface area contributed by atoms with Gasteiger partial charge >= 0.3 is 18.2 Å². The minimum atomic E-state index is -1.10. The molecule has 1 N–H and O–H groups in total. The lowest BCUT2D eigenvalue weighted by Gasteiger charge is -2.43. The van der Waals surface area contributed by atoms with Gasteiger partial charge in [0.1, 0.15) is 11.6 Å². The Morgan fingerprint density at radius 1 is 1.19 bits per heavy atom. The first-order valence-electron chi connectivity index (χ1n) is 13.0. The first-order valence-corrected chi connectivity index (χ1v) is 13.0. The Kier molecular flexibility index (Phi) is 8.78. The number of amides is 2. The highest BCUT2D eigenvalue weighted by molar-refractivity contribution is 5.82. The number of alkyl carbamates (subject to hydrolysis) is 1. The zero-order valence-corrected chi connectivity index (χ0v) is 23.1. The van der Waals surface area contributed by atoms with E-state index in [0.29, 0.717) is 19.4 Å². The summed E-state index contributed by atoms with van der Waals surface area (Å²) in [6.07, 6.45) is 1.65. The van der Waals surface area contributed by atoms with Crippen LogP contribution in [0.25, 0.3) is 0 Å². The number of hydrogen-bond acceptors (Lipinski definition) is 6. The number of aryl methyl sites for hydroxylation is 1. The zero-order valence-electron chi connectivity index (χ0n) is 23.1. The van der Waals surface area contributed by atoms with E-state index in [2.05, 4.69) is 17.2 Å². The van der Waals surface area contributed by atoms with Crippen LogP contribution in [0.3, 0.4) is 0 Å². The molecule has 0 radical (unpaired) electrons. The van der Waals surface area contributed by atoms with Crippen LogP contribution in [0, 0.1) is 30.6 Å². The van der Waals surface area contributed by atoms with Gasteiger partial charge in [-0.25, -0.2) is 14.4 Å². The molecule has 0 aromatic heterocycles. The molecule has 2 amide bonds. The molecule has 1 unspecified atom stereocenters. The summed E-state index contributed by atoms with van der Waals surface area (Å²) >= 11 is 0. The molecule has 1 saturated heterocycles. The van der Waals surface area contributed by atoms with Crippen molar-refractivity contribution >= 4 is 18.2 Å². The number of fused-ring (bicyclic) bond motifs is 1. The van der Waals surface area contributed by atoms with E-state index in [-0.39, 0.29) is 24.0 Å². The first kappa shape index (κ1) is 28.4. The first-order chi connectivity index (χ1) is 17.3. The summed E-state index contributed by atoms with van der Waals surface area (Å²) in [7, 11) is 1.37. The molecular formula is C29H40N2O6. The van der Waals surface area contributed by atoms with Gasteiger partial charge in [0.15, 0.2) is 5.60 Å². The van der Waals surface area contributed by atoms with Crippen molar-refractivity contribution in [3.05, 3.63) is 35.4 Å². The van der Waals surface area contributed by atoms with E-state index >= 15 is 0 Å². The van der Waals surface area contributed by atoms with Crippen molar-refractivity contribution in [2.75, 3.05) is 13.7 Å². The summed E-state index contributed by atoms with van der Waals surface area (Å²) < 4.78 is 16.7. The Morgan fingerprint density at radius 2 is 1.92 bits per heavy atom. The topological polar surface area (TPSA) is 94.2 Å². The molecule has 1 saturated carbocycles. The largest absolute Gasteiger partial charge is 0.453 e. The maximum atomic E-state index is 13.6. The van der Waals surface area contributed by atoms with Crippen LogP contribution in [-0.4, -0.2) is 60.0 Å². The van der Waals surface area contributed by atoms with E-state index in [1.165, 1.54) is 7.11 Å². The monoisotopic (exact) mass is 512 g/mol. The van der Waals surface area contributed by atoms with Crippen LogP contribution in [0.4, 0.5) is 9.59 Å². The van der Waals surface area contributed by atoms with Crippen molar-refractivity contribution < 1.29 is 28.6 Å². The lowest BCUT2D eigenvalue weighted by atomic mass is 9.72. The van der Waals surface area contributed by atoms with Crippen LogP contribution in [0.2, 0.25) is 0 Å². The molecule has 1 heterocycles. The Labute approximate surface area is 220 Å². The molecular weight excluding hydrogens is 472 g/mol. The number of carbonyl (C=O) groups excluding carboxylic acids is 3. The lowest BCUT2D eigenvalue weighted by molar-refractivity contribution is -0.166. The van der Waals surface area contributed by atoms with Crippen molar-refractivity contribution in [1.82, 2.24) is 10.2 Å². The molecule has 0 bridgehead atoms. The van der Waals surface area contributed by atoms with Gasteiger partial charge in [0.05, 0.1) is 7.11 Å². The van der Waals surface area contributed by atoms with Crippen LogP contribution in [-0.2, 0) is 19.0 Å². The highest BCUT2D eigenvalue weighted by Gasteiger charge is 2.54. The third kappa shape index (κ3) is 6.97. The summed E-state index contributed by atoms with van der Waals surface area (Å²) in [4.78, 5) is 40.3. The van der Waals surface area contributed by atoms with E-state index in [1.54, 1.807) is 25.7 Å². The SMILES string of the molecule is COC(=O)N1CC[C@@H]2[C@H]1CCC[C@]2(C#Cc1cccc(C)c1)OC(=O)C(NC(=O)OC(C)(C)C)C(C)C. The maximum absolute atomic E-state index is 13.6. The number of ether oxygens (including phenoxy) is 3. The number of esters is 1. The van der Waals surface area contributed by atoms with Crippen LogP contribution in [0.15, 0.2) is 24.3 Å². The van der Waals surface area contributed by atoms with Crippen LogP contribution < -0.4 is 5.32 Å². The quantitative estimate of drug-likeness (QED) is 0.353. The van der Waals surface area contributed by atoms with Gasteiger partial charge in [0.25, 0.3) is 0 Å². The predicted octanol–water partition coefficient (Wildman–Crippen LogP) is 4.82. The molecule has 2 aliphatic rings. The Morgan fingerprint density at radius 3 is 2.54 bits per heavy atom. The molecule has 1 aliphatic carbocycles. The van der Waals surface area contributed by atoms with Crippen molar-refractivity contribution in [3.8, 4) is 11.8 Å². The number of likely N-dealkylation sites (tertiary alicyclic amines) is 1. The van der Waals surface area contributed by atoms with Gasteiger partial charge in [-0.2, -0.15) is 0 Å². The summed E-state index contributed by atoms with van der Waals surface area (Å²) in [5.41, 5.74) is 0.106. The van der Waals surface area contributed by atoms with Gasteiger partial charge in [0.2, 0.25) is 0 Å². The third-order valence-corrected chi connectivity index (χ3v) is 6.91. The van der Waals surface area contributed by atoms with Crippen molar-refractivity contribution in [2.24, 2.45) is 11.8 Å². The summed E-state index contributed by atoms with van der Waals surface area (Å²) in [6.45, 7) is 11.5. The molecule has 1 aliphatic heterocycles. The highest BCUT2D eigenvalue weighted by atomic mass is 16.6. The minimum absolute atomic E-state index is 0.142.